The summed E-state index contributed by atoms with van der Waals surface area (Å²) < 4.78 is 5.79. The highest BCUT2D eigenvalue weighted by atomic mass is 35.5. The maximum atomic E-state index is 9.46. The molecule has 2 aromatic carbocycles. The Morgan fingerprint density at radius 1 is 1.19 bits per heavy atom. The van der Waals surface area contributed by atoms with Crippen LogP contribution in [-0.2, 0) is 0 Å². The van der Waals surface area contributed by atoms with E-state index >= 15 is 0 Å². The first kappa shape index (κ1) is 13.9. The van der Waals surface area contributed by atoms with Gasteiger partial charge in [-0.05, 0) is 24.3 Å². The van der Waals surface area contributed by atoms with Gasteiger partial charge in [0, 0.05) is 23.9 Å². The topological polar surface area (TPSA) is 58.3 Å². The van der Waals surface area contributed by atoms with Crippen molar-refractivity contribution < 1.29 is 9.52 Å². The molecule has 3 aromatic rings. The highest BCUT2D eigenvalue weighted by Crippen LogP contribution is 2.26. The Morgan fingerprint density at radius 3 is 2.76 bits per heavy atom. The van der Waals surface area contributed by atoms with E-state index in [0.717, 1.165) is 16.8 Å². The zero-order chi connectivity index (χ0) is 14.7. The number of aromatic nitrogens is 1. The molecule has 1 unspecified atom stereocenters. The number of hydrogen-bond donors (Lipinski definition) is 2. The summed E-state index contributed by atoms with van der Waals surface area (Å²) >= 11 is 5.57. The largest absolute Gasteiger partial charge is 0.436 e. The summed E-state index contributed by atoms with van der Waals surface area (Å²) in [6, 6.07) is 15.4. The fraction of sp³-hybridized carbons (Fsp3) is 0.188. The van der Waals surface area contributed by atoms with Crippen LogP contribution in [0, 0.1) is 0 Å². The lowest BCUT2D eigenvalue weighted by atomic mass is 10.2. The second-order valence-electron chi connectivity index (χ2n) is 4.76. The predicted molar refractivity (Wildman–Crippen MR) is 84.7 cm³/mol. The number of hydrogen-bond acceptors (Lipinski definition) is 4. The Balaban J connectivity index is 1.85. The highest BCUT2D eigenvalue weighted by molar-refractivity contribution is 6.18. The number of benzene rings is 2. The van der Waals surface area contributed by atoms with Crippen LogP contribution in [0.15, 0.2) is 52.9 Å². The van der Waals surface area contributed by atoms with Crippen LogP contribution in [0.2, 0.25) is 0 Å². The highest BCUT2D eigenvalue weighted by Gasteiger charge is 2.09. The molecule has 0 saturated heterocycles. The van der Waals surface area contributed by atoms with Crippen LogP contribution in [-0.4, -0.2) is 28.6 Å². The molecule has 1 atom stereocenters. The average molecular weight is 303 g/mol. The Kier molecular flexibility index (Phi) is 4.08. The van der Waals surface area contributed by atoms with Gasteiger partial charge in [0.15, 0.2) is 5.58 Å². The fourth-order valence-corrected chi connectivity index (χ4v) is 2.14. The van der Waals surface area contributed by atoms with E-state index < -0.39 is 6.10 Å². The molecule has 0 aliphatic heterocycles. The van der Waals surface area contributed by atoms with Gasteiger partial charge in [0.2, 0.25) is 5.89 Å². The number of halogens is 1. The molecule has 0 saturated carbocycles. The first-order valence-corrected chi connectivity index (χ1v) is 7.23. The molecule has 108 valence electrons. The number of alkyl halides is 1. The Bertz CT molecular complexity index is 727. The SMILES string of the molecule is OC(CCl)CNc1ccc2nc(-c3ccccc3)oc2c1. The third kappa shape index (κ3) is 3.17. The van der Waals surface area contributed by atoms with Gasteiger partial charge in [-0.2, -0.15) is 0 Å². The third-order valence-corrected chi connectivity index (χ3v) is 3.49. The predicted octanol–water partition coefficient (Wildman–Crippen LogP) is 3.51. The second-order valence-corrected chi connectivity index (χ2v) is 5.07. The van der Waals surface area contributed by atoms with Crippen LogP contribution in [0.3, 0.4) is 0 Å². The number of oxazole rings is 1. The quantitative estimate of drug-likeness (QED) is 0.708. The maximum absolute atomic E-state index is 9.46. The van der Waals surface area contributed by atoms with Crippen molar-refractivity contribution >= 4 is 28.4 Å². The van der Waals surface area contributed by atoms with E-state index in [0.29, 0.717) is 18.0 Å². The number of nitrogens with zero attached hydrogens (tertiary/aromatic N) is 1. The minimum absolute atomic E-state index is 0.204. The van der Waals surface area contributed by atoms with Gasteiger partial charge in [0.25, 0.3) is 0 Å². The molecule has 0 aliphatic rings. The van der Waals surface area contributed by atoms with Crippen LogP contribution < -0.4 is 5.32 Å². The molecule has 4 nitrogen and oxygen atoms in total. The number of nitrogens with one attached hydrogen (secondary N) is 1. The molecule has 0 bridgehead atoms. The summed E-state index contributed by atoms with van der Waals surface area (Å²) in [5.41, 5.74) is 3.32. The van der Waals surface area contributed by atoms with Gasteiger partial charge in [0.1, 0.15) is 5.52 Å². The molecule has 21 heavy (non-hydrogen) atoms. The van der Waals surface area contributed by atoms with Gasteiger partial charge in [0.05, 0.1) is 12.0 Å². The molecular formula is C16H15ClN2O2. The molecule has 0 radical (unpaired) electrons. The van der Waals surface area contributed by atoms with Gasteiger partial charge in [-0.3, -0.25) is 0 Å². The number of rotatable bonds is 5. The zero-order valence-corrected chi connectivity index (χ0v) is 12.0. The maximum Gasteiger partial charge on any atom is 0.227 e. The second kappa shape index (κ2) is 6.16. The van der Waals surface area contributed by atoms with Crippen LogP contribution in [0.25, 0.3) is 22.6 Å². The lowest BCUT2D eigenvalue weighted by molar-refractivity contribution is 0.211. The van der Waals surface area contributed by atoms with E-state index in [4.69, 9.17) is 16.0 Å². The molecule has 3 rings (SSSR count). The van der Waals surface area contributed by atoms with Crippen molar-refractivity contribution in [1.29, 1.82) is 0 Å². The van der Waals surface area contributed by atoms with E-state index in [1.807, 2.05) is 48.5 Å². The van der Waals surface area contributed by atoms with Crippen molar-refractivity contribution in [3.05, 3.63) is 48.5 Å². The summed E-state index contributed by atoms with van der Waals surface area (Å²) in [6.07, 6.45) is -0.572. The van der Waals surface area contributed by atoms with Gasteiger partial charge in [-0.1, -0.05) is 18.2 Å². The Morgan fingerprint density at radius 2 is 2.00 bits per heavy atom. The molecule has 0 spiro atoms. The smallest absolute Gasteiger partial charge is 0.227 e. The van der Waals surface area contributed by atoms with Gasteiger partial charge < -0.3 is 14.8 Å². The monoisotopic (exact) mass is 302 g/mol. The molecule has 1 aromatic heterocycles. The summed E-state index contributed by atoms with van der Waals surface area (Å²) in [7, 11) is 0. The lowest BCUT2D eigenvalue weighted by Crippen LogP contribution is -2.20. The third-order valence-electron chi connectivity index (χ3n) is 3.13. The number of anilines is 1. The van der Waals surface area contributed by atoms with Crippen molar-refractivity contribution in [2.45, 2.75) is 6.10 Å². The van der Waals surface area contributed by atoms with Crippen LogP contribution >= 0.6 is 11.6 Å². The average Bonchev–Trinajstić information content (AvgIpc) is 2.96. The Hall–Kier alpha value is -2.04. The molecule has 0 aliphatic carbocycles. The van der Waals surface area contributed by atoms with Crippen LogP contribution in [0.4, 0.5) is 5.69 Å². The first-order chi connectivity index (χ1) is 10.3. The molecular weight excluding hydrogens is 288 g/mol. The summed E-state index contributed by atoms with van der Waals surface area (Å²) in [4.78, 5) is 4.47. The molecule has 0 amide bonds. The van der Waals surface area contributed by atoms with E-state index in [2.05, 4.69) is 10.3 Å². The van der Waals surface area contributed by atoms with E-state index in [9.17, 15) is 5.11 Å². The first-order valence-electron chi connectivity index (χ1n) is 6.70. The van der Waals surface area contributed by atoms with Crippen molar-refractivity contribution in [3.63, 3.8) is 0 Å². The summed E-state index contributed by atoms with van der Waals surface area (Å²) in [5.74, 6) is 0.805. The van der Waals surface area contributed by atoms with Gasteiger partial charge in [-0.25, -0.2) is 4.98 Å². The standard InChI is InChI=1S/C16H15ClN2O2/c17-9-13(20)10-18-12-6-7-14-15(8-12)21-16(19-14)11-4-2-1-3-5-11/h1-8,13,18,20H,9-10H2. The molecule has 5 heteroatoms. The van der Waals surface area contributed by atoms with E-state index in [-0.39, 0.29) is 5.88 Å². The lowest BCUT2D eigenvalue weighted by Gasteiger charge is -2.09. The van der Waals surface area contributed by atoms with Crippen molar-refractivity contribution in [2.24, 2.45) is 0 Å². The minimum atomic E-state index is -0.572. The summed E-state index contributed by atoms with van der Waals surface area (Å²) in [6.45, 7) is 0.398. The zero-order valence-electron chi connectivity index (χ0n) is 11.3. The van der Waals surface area contributed by atoms with Crippen molar-refractivity contribution in [2.75, 3.05) is 17.7 Å². The number of aliphatic hydroxyl groups excluding tert-OH is 1. The van der Waals surface area contributed by atoms with E-state index in [1.54, 1.807) is 0 Å². The molecule has 2 N–H and O–H groups in total. The minimum Gasteiger partial charge on any atom is -0.436 e. The van der Waals surface area contributed by atoms with E-state index in [1.165, 1.54) is 0 Å². The number of aliphatic hydroxyl groups is 1. The van der Waals surface area contributed by atoms with Crippen LogP contribution in [0.5, 0.6) is 0 Å². The normalized spacial score (nSPS) is 12.5. The Labute approximate surface area is 127 Å². The van der Waals surface area contributed by atoms with Gasteiger partial charge >= 0.3 is 0 Å². The van der Waals surface area contributed by atoms with Gasteiger partial charge in [-0.15, -0.1) is 11.6 Å². The number of fused-ring (bicyclic) bond motifs is 1. The fourth-order valence-electron chi connectivity index (χ4n) is 2.03. The molecule has 0 fully saturated rings. The van der Waals surface area contributed by atoms with Crippen LogP contribution in [0.1, 0.15) is 0 Å². The van der Waals surface area contributed by atoms with Crippen molar-refractivity contribution in [1.82, 2.24) is 4.98 Å². The summed E-state index contributed by atoms with van der Waals surface area (Å²) in [5, 5.41) is 12.6. The molecule has 1 heterocycles. The van der Waals surface area contributed by atoms with Crippen molar-refractivity contribution in [3.8, 4) is 11.5 Å².